The van der Waals surface area contributed by atoms with E-state index in [-0.39, 0.29) is 12.1 Å². The fraction of sp³-hybridized carbons (Fsp3) is 0.333. The number of hydrogen-bond acceptors (Lipinski definition) is 2. The number of rotatable bonds is 3. The molecule has 0 bridgehead atoms. The van der Waals surface area contributed by atoms with E-state index in [1.807, 2.05) is 12.1 Å². The molecule has 3 unspecified atom stereocenters. The highest BCUT2D eigenvalue weighted by Crippen LogP contribution is 2.51. The van der Waals surface area contributed by atoms with E-state index in [1.165, 1.54) is 16.8 Å². The molecule has 2 nitrogen and oxygen atoms in total. The number of fused-ring (bicyclic) bond motifs is 3. The second-order valence-corrected chi connectivity index (χ2v) is 7.32. The van der Waals surface area contributed by atoms with Gasteiger partial charge in [0.2, 0.25) is 0 Å². The highest BCUT2D eigenvalue weighted by atomic mass is 35.5. The summed E-state index contributed by atoms with van der Waals surface area (Å²) in [6, 6.07) is 14.8. The molecule has 3 heteroatoms. The molecule has 0 spiro atoms. The van der Waals surface area contributed by atoms with Crippen molar-refractivity contribution in [2.24, 2.45) is 5.92 Å². The molecular formula is C21H22ClNO. The molecule has 0 radical (unpaired) electrons. The van der Waals surface area contributed by atoms with Gasteiger partial charge in [-0.05, 0) is 61.6 Å². The number of nitrogens with one attached hydrogen (secondary N) is 1. The van der Waals surface area contributed by atoms with Gasteiger partial charge in [-0.1, -0.05) is 42.0 Å². The second-order valence-electron chi connectivity index (χ2n) is 6.91. The van der Waals surface area contributed by atoms with E-state index in [0.717, 1.165) is 17.2 Å². The van der Waals surface area contributed by atoms with Crippen molar-refractivity contribution in [1.29, 1.82) is 0 Å². The first-order valence-electron chi connectivity index (χ1n) is 8.61. The van der Waals surface area contributed by atoms with Crippen LogP contribution in [0.5, 0.6) is 5.75 Å². The highest BCUT2D eigenvalue weighted by Gasteiger charge is 2.38. The van der Waals surface area contributed by atoms with Gasteiger partial charge in [-0.2, -0.15) is 0 Å². The molecule has 1 heterocycles. The molecule has 4 rings (SSSR count). The van der Waals surface area contributed by atoms with Crippen molar-refractivity contribution in [2.75, 3.05) is 5.32 Å². The van der Waals surface area contributed by atoms with Crippen LogP contribution in [0.25, 0.3) is 0 Å². The molecule has 0 aromatic heterocycles. The number of benzene rings is 2. The predicted molar refractivity (Wildman–Crippen MR) is 100 cm³/mol. The van der Waals surface area contributed by atoms with Crippen LogP contribution in [-0.2, 0) is 0 Å². The number of hydrogen-bond donors (Lipinski definition) is 1. The molecule has 0 amide bonds. The van der Waals surface area contributed by atoms with Crippen molar-refractivity contribution in [3.8, 4) is 5.75 Å². The van der Waals surface area contributed by atoms with E-state index in [0.29, 0.717) is 11.8 Å². The molecular weight excluding hydrogens is 318 g/mol. The van der Waals surface area contributed by atoms with E-state index in [4.69, 9.17) is 16.3 Å². The zero-order valence-electron chi connectivity index (χ0n) is 14.0. The standard InChI is InChI=1S/C21H22ClNO/c1-13(2)24-14-10-11-20-18(12-14)15-7-5-8-16(15)21(23-20)17-6-3-4-9-19(17)22/h3-7,9-13,15-16,21,23H,8H2,1-2H3. The minimum atomic E-state index is 0.186. The molecule has 0 saturated heterocycles. The number of halogens is 1. The number of anilines is 1. The Morgan fingerprint density at radius 1 is 1.12 bits per heavy atom. The molecule has 1 N–H and O–H groups in total. The SMILES string of the molecule is CC(C)Oc1ccc2c(c1)C1C=CCC1C(c1ccccc1Cl)N2. The maximum Gasteiger partial charge on any atom is 0.120 e. The van der Waals surface area contributed by atoms with E-state index >= 15 is 0 Å². The Morgan fingerprint density at radius 2 is 1.96 bits per heavy atom. The summed E-state index contributed by atoms with van der Waals surface area (Å²) in [4.78, 5) is 0. The largest absolute Gasteiger partial charge is 0.491 e. The van der Waals surface area contributed by atoms with Crippen molar-refractivity contribution >= 4 is 17.3 Å². The van der Waals surface area contributed by atoms with Gasteiger partial charge in [0.1, 0.15) is 5.75 Å². The Labute approximate surface area is 148 Å². The van der Waals surface area contributed by atoms with Gasteiger partial charge >= 0.3 is 0 Å². The summed E-state index contributed by atoms with van der Waals surface area (Å²) in [6.45, 7) is 4.12. The Morgan fingerprint density at radius 3 is 2.75 bits per heavy atom. The van der Waals surface area contributed by atoms with E-state index in [2.05, 4.69) is 61.6 Å². The molecule has 1 aliphatic carbocycles. The van der Waals surface area contributed by atoms with Gasteiger partial charge in [-0.25, -0.2) is 0 Å². The normalized spacial score (nSPS) is 24.4. The summed E-state index contributed by atoms with van der Waals surface area (Å²) in [7, 11) is 0. The zero-order valence-corrected chi connectivity index (χ0v) is 14.8. The Kier molecular flexibility index (Phi) is 4.01. The van der Waals surface area contributed by atoms with E-state index < -0.39 is 0 Å². The van der Waals surface area contributed by atoms with Gasteiger partial charge in [0.05, 0.1) is 12.1 Å². The predicted octanol–water partition coefficient (Wildman–Crippen LogP) is 5.95. The molecule has 3 atom stereocenters. The highest BCUT2D eigenvalue weighted by molar-refractivity contribution is 6.31. The third-order valence-corrected chi connectivity index (χ3v) is 5.29. The molecule has 2 aliphatic rings. The average Bonchev–Trinajstić information content (AvgIpc) is 3.04. The first-order chi connectivity index (χ1) is 11.6. The van der Waals surface area contributed by atoms with Crippen LogP contribution in [-0.4, -0.2) is 6.10 Å². The summed E-state index contributed by atoms with van der Waals surface area (Å²) in [5, 5.41) is 4.56. The average molecular weight is 340 g/mol. The summed E-state index contributed by atoms with van der Waals surface area (Å²) in [5.41, 5.74) is 3.70. The fourth-order valence-electron chi connectivity index (χ4n) is 3.95. The van der Waals surface area contributed by atoms with Gasteiger partial charge in [-0.3, -0.25) is 0 Å². The Hall–Kier alpha value is -1.93. The zero-order chi connectivity index (χ0) is 16.7. The lowest BCUT2D eigenvalue weighted by Gasteiger charge is -2.38. The summed E-state index contributed by atoms with van der Waals surface area (Å²) in [6.07, 6.45) is 5.90. The van der Waals surface area contributed by atoms with Crippen molar-refractivity contribution in [3.05, 3.63) is 70.8 Å². The molecule has 24 heavy (non-hydrogen) atoms. The lowest BCUT2D eigenvalue weighted by Crippen LogP contribution is -2.29. The lowest BCUT2D eigenvalue weighted by molar-refractivity contribution is 0.242. The summed E-state index contributed by atoms with van der Waals surface area (Å²) in [5.74, 6) is 1.85. The fourth-order valence-corrected chi connectivity index (χ4v) is 4.21. The third-order valence-electron chi connectivity index (χ3n) is 4.95. The Bertz CT molecular complexity index is 783. The Balaban J connectivity index is 1.74. The maximum absolute atomic E-state index is 6.48. The third kappa shape index (κ3) is 2.69. The first kappa shape index (κ1) is 15.6. The lowest BCUT2D eigenvalue weighted by atomic mass is 9.77. The molecule has 2 aromatic rings. The summed E-state index contributed by atoms with van der Waals surface area (Å²) < 4.78 is 5.89. The smallest absolute Gasteiger partial charge is 0.120 e. The van der Waals surface area contributed by atoms with Crippen molar-refractivity contribution in [3.63, 3.8) is 0 Å². The van der Waals surface area contributed by atoms with Crippen LogP contribution in [0, 0.1) is 5.92 Å². The van der Waals surface area contributed by atoms with Gasteiger partial charge in [0.25, 0.3) is 0 Å². The second kappa shape index (κ2) is 6.18. The van der Waals surface area contributed by atoms with Crippen LogP contribution in [0.1, 0.15) is 43.4 Å². The topological polar surface area (TPSA) is 21.3 Å². The number of ether oxygens (including phenoxy) is 1. The van der Waals surface area contributed by atoms with Crippen LogP contribution in [0.15, 0.2) is 54.6 Å². The van der Waals surface area contributed by atoms with E-state index in [1.54, 1.807) is 0 Å². The summed E-state index contributed by atoms with van der Waals surface area (Å²) >= 11 is 6.48. The molecule has 0 fully saturated rings. The van der Waals surface area contributed by atoms with Crippen LogP contribution < -0.4 is 10.1 Å². The van der Waals surface area contributed by atoms with Crippen LogP contribution >= 0.6 is 11.6 Å². The van der Waals surface area contributed by atoms with Crippen LogP contribution in [0.4, 0.5) is 5.69 Å². The number of allylic oxidation sites excluding steroid dienone is 2. The quantitative estimate of drug-likeness (QED) is 0.697. The van der Waals surface area contributed by atoms with Gasteiger partial charge in [-0.15, -0.1) is 0 Å². The molecule has 0 saturated carbocycles. The van der Waals surface area contributed by atoms with Gasteiger partial charge in [0, 0.05) is 16.6 Å². The minimum absolute atomic E-state index is 0.186. The van der Waals surface area contributed by atoms with Crippen molar-refractivity contribution < 1.29 is 4.74 Å². The van der Waals surface area contributed by atoms with Crippen molar-refractivity contribution in [1.82, 2.24) is 0 Å². The maximum atomic E-state index is 6.48. The molecule has 1 aliphatic heterocycles. The van der Waals surface area contributed by atoms with E-state index in [9.17, 15) is 0 Å². The molecule has 124 valence electrons. The van der Waals surface area contributed by atoms with Crippen molar-refractivity contribution in [2.45, 2.75) is 38.3 Å². The van der Waals surface area contributed by atoms with Gasteiger partial charge in [0.15, 0.2) is 0 Å². The van der Waals surface area contributed by atoms with Crippen LogP contribution in [0.2, 0.25) is 5.02 Å². The molecule has 2 aromatic carbocycles. The first-order valence-corrected chi connectivity index (χ1v) is 8.99. The minimum Gasteiger partial charge on any atom is -0.491 e. The van der Waals surface area contributed by atoms with Crippen LogP contribution in [0.3, 0.4) is 0 Å². The monoisotopic (exact) mass is 339 g/mol. The van der Waals surface area contributed by atoms with Gasteiger partial charge < -0.3 is 10.1 Å².